The maximum atomic E-state index is 4.50. The average Bonchev–Trinajstić information content (AvgIpc) is 2.49. The van der Waals surface area contributed by atoms with Crippen molar-refractivity contribution in [2.24, 2.45) is 0 Å². The normalized spacial score (nSPS) is 13.2. The van der Waals surface area contributed by atoms with Gasteiger partial charge in [-0.05, 0) is 18.5 Å². The zero-order chi connectivity index (χ0) is 14.4. The van der Waals surface area contributed by atoms with Crippen LogP contribution in [0.25, 0.3) is 0 Å². The number of nitrogens with one attached hydrogen (secondary N) is 1. The van der Waals surface area contributed by atoms with E-state index < -0.39 is 0 Å². The second-order valence-corrected chi connectivity index (χ2v) is 5.61. The van der Waals surface area contributed by atoms with Crippen molar-refractivity contribution in [3.63, 3.8) is 0 Å². The first kappa shape index (κ1) is 14.7. The van der Waals surface area contributed by atoms with E-state index in [-0.39, 0.29) is 11.5 Å². The molecule has 1 aromatic carbocycles. The summed E-state index contributed by atoms with van der Waals surface area (Å²) < 4.78 is 0. The van der Waals surface area contributed by atoms with Crippen molar-refractivity contribution in [1.82, 2.24) is 15.3 Å². The molecule has 1 N–H and O–H groups in total. The van der Waals surface area contributed by atoms with E-state index in [1.807, 2.05) is 6.20 Å². The molecule has 1 unspecified atom stereocenters. The first-order valence-corrected chi connectivity index (χ1v) is 7.21. The molecule has 0 aliphatic heterocycles. The van der Waals surface area contributed by atoms with E-state index in [0.717, 1.165) is 18.7 Å². The molecule has 1 atom stereocenters. The molecule has 0 spiro atoms. The summed E-state index contributed by atoms with van der Waals surface area (Å²) >= 11 is 0. The predicted molar refractivity (Wildman–Crippen MR) is 82.5 cm³/mol. The van der Waals surface area contributed by atoms with Gasteiger partial charge in [-0.2, -0.15) is 0 Å². The molecule has 1 aromatic heterocycles. The second kappa shape index (κ2) is 6.62. The summed E-state index contributed by atoms with van der Waals surface area (Å²) in [6, 6.07) is 10.7. The Labute approximate surface area is 121 Å². The van der Waals surface area contributed by atoms with Crippen LogP contribution in [0.15, 0.2) is 48.9 Å². The summed E-state index contributed by atoms with van der Waals surface area (Å²) in [4.78, 5) is 8.72. The largest absolute Gasteiger partial charge is 0.308 e. The summed E-state index contributed by atoms with van der Waals surface area (Å²) in [5, 5.41) is 3.62. The van der Waals surface area contributed by atoms with Gasteiger partial charge in [-0.25, -0.2) is 0 Å². The number of aromatic nitrogens is 2. The van der Waals surface area contributed by atoms with Crippen LogP contribution in [0.1, 0.15) is 44.5 Å². The van der Waals surface area contributed by atoms with Crippen molar-refractivity contribution >= 4 is 0 Å². The molecule has 3 heteroatoms. The van der Waals surface area contributed by atoms with Gasteiger partial charge in [0.2, 0.25) is 0 Å². The molecule has 2 aromatic rings. The number of nitrogens with zero attached hydrogens (tertiary/aromatic N) is 2. The van der Waals surface area contributed by atoms with E-state index >= 15 is 0 Å². The quantitative estimate of drug-likeness (QED) is 0.872. The van der Waals surface area contributed by atoms with Gasteiger partial charge < -0.3 is 5.32 Å². The predicted octanol–water partition coefficient (Wildman–Crippen LogP) is 3.50. The summed E-state index contributed by atoms with van der Waals surface area (Å²) in [6.45, 7) is 7.66. The van der Waals surface area contributed by atoms with Gasteiger partial charge in [0.1, 0.15) is 0 Å². The van der Waals surface area contributed by atoms with Gasteiger partial charge in [0.25, 0.3) is 0 Å². The third-order valence-corrected chi connectivity index (χ3v) is 3.72. The van der Waals surface area contributed by atoms with Crippen LogP contribution in [0, 0.1) is 0 Å². The summed E-state index contributed by atoms with van der Waals surface area (Å²) in [5.41, 5.74) is 2.25. The highest BCUT2D eigenvalue weighted by Crippen LogP contribution is 2.35. The van der Waals surface area contributed by atoms with Crippen molar-refractivity contribution in [3.8, 4) is 0 Å². The Morgan fingerprint density at radius 1 is 1.15 bits per heavy atom. The average molecular weight is 269 g/mol. The van der Waals surface area contributed by atoms with Crippen LogP contribution in [0.3, 0.4) is 0 Å². The Balaban J connectivity index is 2.35. The molecule has 0 fully saturated rings. The minimum Gasteiger partial charge on any atom is -0.308 e. The van der Waals surface area contributed by atoms with E-state index in [0.29, 0.717) is 0 Å². The molecule has 0 radical (unpaired) electrons. The molecule has 0 saturated heterocycles. The fourth-order valence-electron chi connectivity index (χ4n) is 2.51. The Morgan fingerprint density at radius 2 is 1.90 bits per heavy atom. The number of benzene rings is 1. The molecule has 0 amide bonds. The van der Waals surface area contributed by atoms with Gasteiger partial charge in [0.05, 0.1) is 11.7 Å². The van der Waals surface area contributed by atoms with Crippen LogP contribution >= 0.6 is 0 Å². The highest BCUT2D eigenvalue weighted by atomic mass is 15.0. The second-order valence-electron chi connectivity index (χ2n) is 5.61. The SMILES string of the molecule is CCCNC(c1cnccn1)C(C)(C)c1ccccc1. The summed E-state index contributed by atoms with van der Waals surface area (Å²) in [6.07, 6.45) is 6.44. The van der Waals surface area contributed by atoms with Crippen molar-refractivity contribution in [3.05, 3.63) is 60.2 Å². The number of hydrogen-bond acceptors (Lipinski definition) is 3. The minimum absolute atomic E-state index is 0.0491. The fourth-order valence-corrected chi connectivity index (χ4v) is 2.51. The van der Waals surface area contributed by atoms with Crippen LogP contribution in [0.4, 0.5) is 0 Å². The standard InChI is InChI=1S/C17H23N3/c1-4-10-20-16(15-13-18-11-12-19-15)17(2,3)14-8-6-5-7-9-14/h5-9,11-13,16,20H,4,10H2,1-3H3. The van der Waals surface area contributed by atoms with Crippen molar-refractivity contribution < 1.29 is 0 Å². The van der Waals surface area contributed by atoms with E-state index in [1.165, 1.54) is 5.56 Å². The molecular formula is C17H23N3. The maximum absolute atomic E-state index is 4.50. The van der Waals surface area contributed by atoms with E-state index in [9.17, 15) is 0 Å². The zero-order valence-electron chi connectivity index (χ0n) is 12.5. The van der Waals surface area contributed by atoms with Crippen molar-refractivity contribution in [2.45, 2.75) is 38.6 Å². The van der Waals surface area contributed by atoms with Crippen molar-refractivity contribution in [1.29, 1.82) is 0 Å². The van der Waals surface area contributed by atoms with Gasteiger partial charge in [-0.3, -0.25) is 9.97 Å². The molecular weight excluding hydrogens is 246 g/mol. The van der Waals surface area contributed by atoms with Gasteiger partial charge in [0.15, 0.2) is 0 Å². The molecule has 1 heterocycles. The Kier molecular flexibility index (Phi) is 4.85. The molecule has 106 valence electrons. The van der Waals surface area contributed by atoms with Crippen LogP contribution in [-0.4, -0.2) is 16.5 Å². The third kappa shape index (κ3) is 3.23. The lowest BCUT2D eigenvalue weighted by Gasteiger charge is -2.35. The molecule has 0 aliphatic rings. The Hall–Kier alpha value is -1.74. The Bertz CT molecular complexity index is 508. The van der Waals surface area contributed by atoms with E-state index in [2.05, 4.69) is 66.4 Å². The van der Waals surface area contributed by atoms with Crippen molar-refractivity contribution in [2.75, 3.05) is 6.54 Å². The van der Waals surface area contributed by atoms with Crippen LogP contribution in [-0.2, 0) is 5.41 Å². The lowest BCUT2D eigenvalue weighted by atomic mass is 9.76. The van der Waals surface area contributed by atoms with E-state index in [4.69, 9.17) is 0 Å². The lowest BCUT2D eigenvalue weighted by Crippen LogP contribution is -2.38. The van der Waals surface area contributed by atoms with Gasteiger partial charge in [-0.1, -0.05) is 51.1 Å². The smallest absolute Gasteiger partial charge is 0.0764 e. The monoisotopic (exact) mass is 269 g/mol. The molecule has 0 bridgehead atoms. The molecule has 2 rings (SSSR count). The molecule has 20 heavy (non-hydrogen) atoms. The molecule has 3 nitrogen and oxygen atoms in total. The zero-order valence-corrected chi connectivity index (χ0v) is 12.5. The Morgan fingerprint density at radius 3 is 2.50 bits per heavy atom. The molecule has 0 saturated carbocycles. The fraction of sp³-hybridized carbons (Fsp3) is 0.412. The lowest BCUT2D eigenvalue weighted by molar-refractivity contribution is 0.341. The summed E-state index contributed by atoms with van der Waals surface area (Å²) in [5.74, 6) is 0. The number of rotatable bonds is 6. The first-order chi connectivity index (χ1) is 9.66. The topological polar surface area (TPSA) is 37.8 Å². The van der Waals surface area contributed by atoms with Crippen LogP contribution in [0.2, 0.25) is 0 Å². The van der Waals surface area contributed by atoms with Gasteiger partial charge in [0, 0.05) is 24.0 Å². The number of hydrogen-bond donors (Lipinski definition) is 1. The third-order valence-electron chi connectivity index (χ3n) is 3.72. The van der Waals surface area contributed by atoms with Gasteiger partial charge in [-0.15, -0.1) is 0 Å². The summed E-state index contributed by atoms with van der Waals surface area (Å²) in [7, 11) is 0. The highest BCUT2D eigenvalue weighted by molar-refractivity contribution is 5.28. The highest BCUT2D eigenvalue weighted by Gasteiger charge is 2.33. The van der Waals surface area contributed by atoms with E-state index in [1.54, 1.807) is 12.4 Å². The minimum atomic E-state index is -0.0491. The van der Waals surface area contributed by atoms with Crippen LogP contribution in [0.5, 0.6) is 0 Å². The molecule has 0 aliphatic carbocycles. The van der Waals surface area contributed by atoms with Gasteiger partial charge >= 0.3 is 0 Å². The van der Waals surface area contributed by atoms with Crippen LogP contribution < -0.4 is 5.32 Å². The maximum Gasteiger partial charge on any atom is 0.0764 e. The first-order valence-electron chi connectivity index (χ1n) is 7.21.